The van der Waals surface area contributed by atoms with Crippen molar-refractivity contribution in [2.45, 2.75) is 108 Å². The van der Waals surface area contributed by atoms with Crippen molar-refractivity contribution in [3.05, 3.63) is 35.9 Å². The molecule has 1 unspecified atom stereocenters. The first kappa shape index (κ1) is 21.8. The molecule has 1 aliphatic heterocycles. The molecule has 1 aromatic rings. The van der Waals surface area contributed by atoms with E-state index in [4.69, 9.17) is 9.57 Å². The van der Waals surface area contributed by atoms with Gasteiger partial charge in [0.2, 0.25) is 5.91 Å². The normalized spacial score (nSPS) is 24.8. The number of hydrogen-bond acceptors (Lipinski definition) is 4. The molecule has 1 N–H and O–H groups in total. The van der Waals surface area contributed by atoms with Crippen LogP contribution in [-0.2, 0) is 14.4 Å². The lowest BCUT2D eigenvalue weighted by molar-refractivity contribution is -0.304. The molecule has 1 aromatic carbocycles. The molecule has 0 aromatic heterocycles. The molecule has 0 radical (unpaired) electrons. The van der Waals surface area contributed by atoms with Gasteiger partial charge in [-0.15, -0.1) is 5.06 Å². The van der Waals surface area contributed by atoms with E-state index in [1.54, 1.807) is 0 Å². The highest BCUT2D eigenvalue weighted by atomic mass is 16.7. The van der Waals surface area contributed by atoms with E-state index < -0.39 is 5.54 Å². The van der Waals surface area contributed by atoms with Crippen molar-refractivity contribution in [2.24, 2.45) is 0 Å². The maximum atomic E-state index is 13.4. The SMILES string of the molecule is CC(C)(C)OCC(ON1C2(CCCCC2)NC(=O)C12CCCCC2)c1ccccc1. The largest absolute Gasteiger partial charge is 0.373 e. The van der Waals surface area contributed by atoms with Crippen molar-refractivity contribution in [3.8, 4) is 0 Å². The molecule has 1 amide bonds. The van der Waals surface area contributed by atoms with Gasteiger partial charge >= 0.3 is 0 Å². The number of ether oxygens (including phenoxy) is 1. The molecule has 1 saturated heterocycles. The molecule has 3 fully saturated rings. The lowest BCUT2D eigenvalue weighted by atomic mass is 9.80. The molecule has 1 atom stereocenters. The summed E-state index contributed by atoms with van der Waals surface area (Å²) >= 11 is 0. The first-order valence-electron chi connectivity index (χ1n) is 11.8. The van der Waals surface area contributed by atoms with Crippen molar-refractivity contribution in [1.29, 1.82) is 0 Å². The molecule has 166 valence electrons. The Labute approximate surface area is 181 Å². The Kier molecular flexibility index (Phi) is 6.25. The molecule has 2 saturated carbocycles. The highest BCUT2D eigenvalue weighted by Gasteiger charge is 2.62. The number of nitrogens with one attached hydrogen (secondary N) is 1. The Morgan fingerprint density at radius 1 is 0.967 bits per heavy atom. The number of carbonyl (C=O) groups excluding carboxylic acids is 1. The zero-order valence-electron chi connectivity index (χ0n) is 18.9. The van der Waals surface area contributed by atoms with Crippen molar-refractivity contribution in [1.82, 2.24) is 10.4 Å². The van der Waals surface area contributed by atoms with E-state index >= 15 is 0 Å². The van der Waals surface area contributed by atoms with Crippen LogP contribution in [0.15, 0.2) is 30.3 Å². The van der Waals surface area contributed by atoms with Crippen LogP contribution in [0, 0.1) is 0 Å². The summed E-state index contributed by atoms with van der Waals surface area (Å²) in [5.74, 6) is 0.174. The smallest absolute Gasteiger partial charge is 0.244 e. The Hall–Kier alpha value is -1.43. The standard InChI is InChI=1S/C25H38N2O3/c1-23(2,3)29-19-21(20-13-7-4-8-14-20)30-27-24(15-9-5-10-16-24)22(28)26-25(27)17-11-6-12-18-25/h4,7-8,13-14,21H,5-6,9-12,15-19H2,1-3H3,(H,26,28). The van der Waals surface area contributed by atoms with Crippen LogP contribution in [0.5, 0.6) is 0 Å². The molecule has 2 spiro atoms. The maximum Gasteiger partial charge on any atom is 0.244 e. The molecule has 30 heavy (non-hydrogen) atoms. The molecule has 0 bridgehead atoms. The zero-order valence-corrected chi connectivity index (χ0v) is 18.9. The fourth-order valence-electron chi connectivity index (χ4n) is 5.42. The van der Waals surface area contributed by atoms with Crippen molar-refractivity contribution in [2.75, 3.05) is 6.61 Å². The van der Waals surface area contributed by atoms with Crippen LogP contribution in [0.4, 0.5) is 0 Å². The number of benzene rings is 1. The van der Waals surface area contributed by atoms with E-state index in [1.807, 2.05) is 18.2 Å². The average Bonchev–Trinajstić information content (AvgIpc) is 2.93. The van der Waals surface area contributed by atoms with E-state index in [1.165, 1.54) is 12.8 Å². The van der Waals surface area contributed by atoms with Crippen LogP contribution in [0.2, 0.25) is 0 Å². The molecule has 3 aliphatic rings. The van der Waals surface area contributed by atoms with Crippen LogP contribution in [-0.4, -0.2) is 34.4 Å². The molecule has 1 heterocycles. The third-order valence-corrected chi connectivity index (χ3v) is 6.98. The van der Waals surface area contributed by atoms with E-state index in [-0.39, 0.29) is 23.3 Å². The second-order valence-electron chi connectivity index (χ2n) is 10.4. The number of amides is 1. The first-order valence-corrected chi connectivity index (χ1v) is 11.8. The summed E-state index contributed by atoms with van der Waals surface area (Å²) < 4.78 is 6.18. The predicted molar refractivity (Wildman–Crippen MR) is 118 cm³/mol. The summed E-state index contributed by atoms with van der Waals surface area (Å²) in [6.45, 7) is 6.67. The van der Waals surface area contributed by atoms with Gasteiger partial charge in [0.25, 0.3) is 0 Å². The molecule has 5 heteroatoms. The minimum Gasteiger partial charge on any atom is -0.373 e. The third-order valence-electron chi connectivity index (χ3n) is 6.98. The van der Waals surface area contributed by atoms with E-state index in [2.05, 4.69) is 43.3 Å². The van der Waals surface area contributed by atoms with Crippen LogP contribution in [0.25, 0.3) is 0 Å². The molecule has 2 aliphatic carbocycles. The van der Waals surface area contributed by atoms with Crippen molar-refractivity contribution >= 4 is 5.91 Å². The summed E-state index contributed by atoms with van der Waals surface area (Å²) in [4.78, 5) is 20.3. The van der Waals surface area contributed by atoms with Gasteiger partial charge in [0.15, 0.2) is 0 Å². The number of hydroxylamine groups is 2. The number of carbonyl (C=O) groups is 1. The monoisotopic (exact) mass is 414 g/mol. The Bertz CT molecular complexity index is 716. The minimum atomic E-state index is -0.537. The number of nitrogens with zero attached hydrogens (tertiary/aromatic N) is 1. The van der Waals surface area contributed by atoms with Crippen molar-refractivity contribution in [3.63, 3.8) is 0 Å². The lowest BCUT2D eigenvalue weighted by Gasteiger charge is -2.47. The van der Waals surface area contributed by atoms with Gasteiger partial charge in [0.05, 0.1) is 12.2 Å². The Balaban J connectivity index is 1.67. The van der Waals surface area contributed by atoms with Gasteiger partial charge in [0.1, 0.15) is 17.3 Å². The van der Waals surface area contributed by atoms with Gasteiger partial charge in [-0.1, -0.05) is 56.0 Å². The molecule has 5 nitrogen and oxygen atoms in total. The van der Waals surface area contributed by atoms with Gasteiger partial charge in [0, 0.05) is 0 Å². The maximum absolute atomic E-state index is 13.4. The third kappa shape index (κ3) is 4.30. The van der Waals surface area contributed by atoms with E-state index in [0.717, 1.165) is 56.9 Å². The predicted octanol–water partition coefficient (Wildman–Crippen LogP) is 5.27. The fraction of sp³-hybridized carbons (Fsp3) is 0.720. The van der Waals surface area contributed by atoms with E-state index in [0.29, 0.717) is 6.61 Å². The second kappa shape index (κ2) is 8.60. The van der Waals surface area contributed by atoms with E-state index in [9.17, 15) is 4.79 Å². The topological polar surface area (TPSA) is 50.8 Å². The summed E-state index contributed by atoms with van der Waals surface area (Å²) in [5.41, 5.74) is -0.0650. The minimum absolute atomic E-state index is 0.174. The van der Waals surface area contributed by atoms with Gasteiger partial charge < -0.3 is 10.1 Å². The van der Waals surface area contributed by atoms with Crippen LogP contribution < -0.4 is 5.32 Å². The zero-order chi connectivity index (χ0) is 21.2. The molecule has 4 rings (SSSR count). The molecular weight excluding hydrogens is 376 g/mol. The molecular formula is C25H38N2O3. The van der Waals surface area contributed by atoms with Gasteiger partial charge in [-0.25, -0.2) is 0 Å². The Morgan fingerprint density at radius 2 is 1.57 bits per heavy atom. The summed E-state index contributed by atoms with van der Waals surface area (Å²) in [6.07, 6.45) is 10.3. The fourth-order valence-corrected chi connectivity index (χ4v) is 5.42. The van der Waals surface area contributed by atoms with Crippen LogP contribution in [0.1, 0.15) is 96.6 Å². The first-order chi connectivity index (χ1) is 14.3. The average molecular weight is 415 g/mol. The number of rotatable bonds is 5. The van der Waals surface area contributed by atoms with Crippen LogP contribution >= 0.6 is 0 Å². The second-order valence-corrected chi connectivity index (χ2v) is 10.4. The van der Waals surface area contributed by atoms with Gasteiger partial charge in [-0.2, -0.15) is 0 Å². The summed E-state index contributed by atoms with van der Waals surface area (Å²) in [6, 6.07) is 10.3. The summed E-state index contributed by atoms with van der Waals surface area (Å²) in [5, 5.41) is 5.57. The van der Waals surface area contributed by atoms with Crippen molar-refractivity contribution < 1.29 is 14.4 Å². The highest BCUT2D eigenvalue weighted by Crippen LogP contribution is 2.48. The lowest BCUT2D eigenvalue weighted by Crippen LogP contribution is -2.58. The van der Waals surface area contributed by atoms with Gasteiger partial charge in [-0.05, 0) is 64.9 Å². The highest BCUT2D eigenvalue weighted by molar-refractivity contribution is 5.89. The van der Waals surface area contributed by atoms with Crippen LogP contribution in [0.3, 0.4) is 0 Å². The quantitative estimate of drug-likeness (QED) is 0.713. The summed E-state index contributed by atoms with van der Waals surface area (Å²) in [7, 11) is 0. The Morgan fingerprint density at radius 3 is 2.17 bits per heavy atom. The van der Waals surface area contributed by atoms with Gasteiger partial charge in [-0.3, -0.25) is 9.63 Å². The number of hydrogen-bond donors (Lipinski definition) is 1.